The molecule has 0 saturated heterocycles. The number of hydrogen-bond acceptors (Lipinski definition) is 0. The van der Waals surface area contributed by atoms with Crippen LogP contribution in [-0.2, 0) is 0 Å². The topological polar surface area (TPSA) is 0 Å². The van der Waals surface area contributed by atoms with Gasteiger partial charge in [-0.15, -0.1) is 0 Å². The third-order valence-electron chi connectivity index (χ3n) is 5.85. The quantitative estimate of drug-likeness (QED) is 0.260. The van der Waals surface area contributed by atoms with E-state index < -0.39 is 0 Å². The van der Waals surface area contributed by atoms with Gasteiger partial charge < -0.3 is 0 Å². The van der Waals surface area contributed by atoms with Crippen molar-refractivity contribution >= 4 is 10.8 Å². The molecule has 0 radical (unpaired) electrons. The molecule has 0 aliphatic heterocycles. The lowest BCUT2D eigenvalue weighted by atomic mass is 9.81. The molecule has 28 heavy (non-hydrogen) atoms. The highest BCUT2D eigenvalue weighted by Gasteiger charge is 2.20. The summed E-state index contributed by atoms with van der Waals surface area (Å²) in [4.78, 5) is 0. The Balaban J connectivity index is 0.000000116. The smallest absolute Gasteiger partial charge is 0.00264 e. The second-order valence-electron chi connectivity index (χ2n) is 7.35. The molecule has 5 aromatic carbocycles. The van der Waals surface area contributed by atoms with Gasteiger partial charge in [0, 0.05) is 0 Å². The Morgan fingerprint density at radius 2 is 0.536 bits per heavy atom. The Kier molecular flexibility index (Phi) is 3.27. The van der Waals surface area contributed by atoms with E-state index in [4.69, 9.17) is 0 Å². The van der Waals surface area contributed by atoms with E-state index in [-0.39, 0.29) is 0 Å². The lowest BCUT2D eigenvalue weighted by Crippen LogP contribution is -1.96. The molecule has 2 aliphatic carbocycles. The molecule has 5 aromatic rings. The fourth-order valence-corrected chi connectivity index (χ4v) is 4.59. The molecular formula is C28H18. The molecule has 0 amide bonds. The van der Waals surface area contributed by atoms with Gasteiger partial charge >= 0.3 is 0 Å². The largest absolute Gasteiger partial charge is 0.0616 e. The van der Waals surface area contributed by atoms with Gasteiger partial charge in [-0.2, -0.15) is 0 Å². The molecule has 0 heterocycles. The van der Waals surface area contributed by atoms with Gasteiger partial charge in [-0.1, -0.05) is 109 Å². The van der Waals surface area contributed by atoms with Crippen molar-refractivity contribution in [2.45, 2.75) is 0 Å². The monoisotopic (exact) mass is 354 g/mol. The van der Waals surface area contributed by atoms with E-state index >= 15 is 0 Å². The lowest BCUT2D eigenvalue weighted by Gasteiger charge is -2.22. The van der Waals surface area contributed by atoms with Gasteiger partial charge in [0.1, 0.15) is 0 Å². The molecule has 0 fully saturated rings. The van der Waals surface area contributed by atoms with Crippen molar-refractivity contribution in [1.29, 1.82) is 0 Å². The summed E-state index contributed by atoms with van der Waals surface area (Å²) >= 11 is 0. The minimum Gasteiger partial charge on any atom is -0.0616 e. The second-order valence-corrected chi connectivity index (χ2v) is 7.35. The van der Waals surface area contributed by atoms with E-state index in [1.807, 2.05) is 0 Å². The summed E-state index contributed by atoms with van der Waals surface area (Å²) in [6, 6.07) is 38.8. The average Bonchev–Trinajstić information content (AvgIpc) is 3.09. The molecule has 0 aromatic heterocycles. The van der Waals surface area contributed by atoms with Crippen molar-refractivity contribution in [3.8, 4) is 44.5 Å². The van der Waals surface area contributed by atoms with Crippen LogP contribution in [0.25, 0.3) is 55.3 Å². The first-order chi connectivity index (χ1) is 13.9. The molecular weight excluding hydrogens is 336 g/mol. The van der Waals surface area contributed by atoms with E-state index in [0.29, 0.717) is 0 Å². The maximum Gasteiger partial charge on any atom is -0.00264 e. The first-order valence-corrected chi connectivity index (χ1v) is 9.72. The Labute approximate surface area is 164 Å². The van der Waals surface area contributed by atoms with E-state index in [9.17, 15) is 0 Å². The van der Waals surface area contributed by atoms with Crippen LogP contribution < -0.4 is 0 Å². The van der Waals surface area contributed by atoms with Crippen LogP contribution in [0.15, 0.2) is 109 Å². The molecule has 0 nitrogen and oxygen atoms in total. The van der Waals surface area contributed by atoms with Crippen molar-refractivity contribution in [2.75, 3.05) is 0 Å². The number of rotatable bonds is 0. The van der Waals surface area contributed by atoms with E-state index in [1.165, 1.54) is 55.3 Å². The molecule has 2 aliphatic rings. The molecule has 130 valence electrons. The lowest BCUT2D eigenvalue weighted by molar-refractivity contribution is 1.52. The van der Waals surface area contributed by atoms with Gasteiger partial charge in [0.05, 0.1) is 0 Å². The molecule has 0 unspecified atom stereocenters. The summed E-state index contributed by atoms with van der Waals surface area (Å²) < 4.78 is 0. The van der Waals surface area contributed by atoms with Crippen molar-refractivity contribution in [3.63, 3.8) is 0 Å². The van der Waals surface area contributed by atoms with Crippen molar-refractivity contribution in [1.82, 2.24) is 0 Å². The maximum atomic E-state index is 2.22. The fourth-order valence-electron chi connectivity index (χ4n) is 4.59. The van der Waals surface area contributed by atoms with E-state index in [0.717, 1.165) is 0 Å². The Hall–Kier alpha value is -3.64. The van der Waals surface area contributed by atoms with Crippen LogP contribution in [0.4, 0.5) is 0 Å². The summed E-state index contributed by atoms with van der Waals surface area (Å²) in [7, 11) is 0. The third kappa shape index (κ3) is 2.12. The van der Waals surface area contributed by atoms with Crippen molar-refractivity contribution in [2.24, 2.45) is 0 Å². The van der Waals surface area contributed by atoms with Crippen LogP contribution in [0.1, 0.15) is 0 Å². The highest BCUT2D eigenvalue weighted by molar-refractivity contribution is 6.15. The van der Waals surface area contributed by atoms with Crippen molar-refractivity contribution in [3.05, 3.63) is 109 Å². The molecule has 0 saturated carbocycles. The van der Waals surface area contributed by atoms with Gasteiger partial charge in [-0.3, -0.25) is 0 Å². The van der Waals surface area contributed by atoms with Gasteiger partial charge in [-0.25, -0.2) is 0 Å². The Morgan fingerprint density at radius 3 is 0.893 bits per heavy atom. The molecule has 0 atom stereocenters. The molecule has 7 rings (SSSR count). The minimum atomic E-state index is 1.34. The average molecular weight is 354 g/mol. The van der Waals surface area contributed by atoms with Gasteiger partial charge in [0.15, 0.2) is 0 Å². The number of benzene rings is 5. The van der Waals surface area contributed by atoms with Crippen LogP contribution in [-0.4, -0.2) is 0 Å². The minimum absolute atomic E-state index is 1.34. The first kappa shape index (κ1) is 15.4. The number of hydrogen-bond donors (Lipinski definition) is 0. The summed E-state index contributed by atoms with van der Waals surface area (Å²) in [5.41, 5.74) is 11.1. The van der Waals surface area contributed by atoms with Crippen LogP contribution in [0.2, 0.25) is 0 Å². The number of fused-ring (bicyclic) bond motifs is 7. The summed E-state index contributed by atoms with van der Waals surface area (Å²) in [6.07, 6.45) is 0. The van der Waals surface area contributed by atoms with Crippen LogP contribution in [0.5, 0.6) is 0 Å². The van der Waals surface area contributed by atoms with E-state index in [1.54, 1.807) is 0 Å². The third-order valence-corrected chi connectivity index (χ3v) is 5.85. The zero-order valence-corrected chi connectivity index (χ0v) is 15.4. The zero-order chi connectivity index (χ0) is 18.5. The summed E-state index contributed by atoms with van der Waals surface area (Å²) in [5, 5.41) is 2.75. The molecule has 0 bridgehead atoms. The highest BCUT2D eigenvalue weighted by Crippen LogP contribution is 2.47. The zero-order valence-electron chi connectivity index (χ0n) is 15.4. The predicted molar refractivity (Wildman–Crippen MR) is 119 cm³/mol. The standard InChI is InChI=1S/C16H10.C12H8/c1-2-8-13-12(7-1)14-9-3-5-11-6-4-10-15(13)16(11)14;1-2-6-10-9(5-1)11-7-3-4-8-12(10)11/h1-10H;1-8H. The normalized spacial score (nSPS) is 11.6. The Bertz CT molecular complexity index is 1200. The first-order valence-electron chi connectivity index (χ1n) is 9.72. The van der Waals surface area contributed by atoms with Crippen LogP contribution in [0.3, 0.4) is 0 Å². The van der Waals surface area contributed by atoms with Gasteiger partial charge in [0.25, 0.3) is 0 Å². The maximum absolute atomic E-state index is 2.22. The SMILES string of the molecule is c1ccc2c(c1)-c1cccc3cccc-2c13.c1ccc2c(c1)-c1ccccc1-2. The summed E-state index contributed by atoms with van der Waals surface area (Å²) in [6.45, 7) is 0. The molecule has 0 heteroatoms. The van der Waals surface area contributed by atoms with Gasteiger partial charge in [0.2, 0.25) is 0 Å². The van der Waals surface area contributed by atoms with E-state index in [2.05, 4.69) is 109 Å². The van der Waals surface area contributed by atoms with Crippen LogP contribution >= 0.6 is 0 Å². The Morgan fingerprint density at radius 1 is 0.250 bits per heavy atom. The van der Waals surface area contributed by atoms with Gasteiger partial charge in [-0.05, 0) is 55.3 Å². The highest BCUT2D eigenvalue weighted by atomic mass is 14.2. The fraction of sp³-hybridized carbons (Fsp3) is 0. The summed E-state index contributed by atoms with van der Waals surface area (Å²) in [5.74, 6) is 0. The predicted octanol–water partition coefficient (Wildman–Crippen LogP) is 7.82. The molecule has 0 N–H and O–H groups in total. The van der Waals surface area contributed by atoms with Crippen LogP contribution in [0, 0.1) is 0 Å². The van der Waals surface area contributed by atoms with Crippen molar-refractivity contribution < 1.29 is 0 Å². The molecule has 0 spiro atoms. The second kappa shape index (κ2) is 5.94.